The van der Waals surface area contributed by atoms with Crippen LogP contribution in [0.25, 0.3) is 11.3 Å². The van der Waals surface area contributed by atoms with Crippen LogP contribution in [0.4, 0.5) is 13.2 Å². The van der Waals surface area contributed by atoms with Gasteiger partial charge in [0.1, 0.15) is 6.04 Å². The third-order valence-corrected chi connectivity index (χ3v) is 4.51. The van der Waals surface area contributed by atoms with Gasteiger partial charge in [-0.1, -0.05) is 44.2 Å². The molecule has 29 heavy (non-hydrogen) atoms. The van der Waals surface area contributed by atoms with Crippen LogP contribution in [0, 0.1) is 17.2 Å². The summed E-state index contributed by atoms with van der Waals surface area (Å²) in [5.41, 5.74) is 6.64. The topological polar surface area (TPSA) is 83.0 Å². The number of benzene rings is 1. The minimum Gasteiger partial charge on any atom is -0.368 e. The van der Waals surface area contributed by atoms with Gasteiger partial charge in [-0.05, 0) is 30.0 Å². The third-order valence-electron chi connectivity index (χ3n) is 4.51. The van der Waals surface area contributed by atoms with Crippen LogP contribution in [-0.2, 0) is 4.79 Å². The fourth-order valence-electron chi connectivity index (χ4n) is 3.26. The number of pyridine rings is 1. The molecule has 154 valence electrons. The van der Waals surface area contributed by atoms with Gasteiger partial charge in [0, 0.05) is 11.8 Å². The molecule has 0 saturated heterocycles. The van der Waals surface area contributed by atoms with Gasteiger partial charge in [-0.3, -0.25) is 14.7 Å². The van der Waals surface area contributed by atoms with E-state index in [1.807, 2.05) is 0 Å². The second-order valence-corrected chi connectivity index (χ2v) is 7.16. The fourth-order valence-corrected chi connectivity index (χ4v) is 3.26. The molecule has 0 fully saturated rings. The molecule has 0 radical (unpaired) electrons. The van der Waals surface area contributed by atoms with Crippen molar-refractivity contribution in [2.24, 2.45) is 11.7 Å². The van der Waals surface area contributed by atoms with Crippen LogP contribution >= 0.6 is 0 Å². The Bertz CT molecular complexity index is 845. The van der Waals surface area contributed by atoms with Gasteiger partial charge in [0.2, 0.25) is 5.91 Å². The van der Waals surface area contributed by atoms with E-state index < -0.39 is 30.7 Å². The summed E-state index contributed by atoms with van der Waals surface area (Å²) in [6, 6.07) is 9.47. The lowest BCUT2D eigenvalue weighted by Gasteiger charge is -2.37. The van der Waals surface area contributed by atoms with Gasteiger partial charge in [-0.2, -0.15) is 18.4 Å². The first kappa shape index (κ1) is 22.4. The zero-order chi connectivity index (χ0) is 21.6. The van der Waals surface area contributed by atoms with Crippen molar-refractivity contribution >= 4 is 5.91 Å². The van der Waals surface area contributed by atoms with E-state index in [1.54, 1.807) is 56.4 Å². The minimum atomic E-state index is -4.70. The summed E-state index contributed by atoms with van der Waals surface area (Å²) in [4.78, 5) is 17.0. The van der Waals surface area contributed by atoms with E-state index in [0.29, 0.717) is 11.3 Å². The zero-order valence-corrected chi connectivity index (χ0v) is 16.2. The predicted octanol–water partition coefficient (Wildman–Crippen LogP) is 4.08. The number of carbonyl (C=O) groups is 1. The summed E-state index contributed by atoms with van der Waals surface area (Å²) in [5.74, 6) is -0.956. The second-order valence-electron chi connectivity index (χ2n) is 7.16. The number of carbonyl (C=O) groups excluding carboxylic acids is 1. The van der Waals surface area contributed by atoms with Gasteiger partial charge in [-0.25, -0.2) is 0 Å². The Morgan fingerprint density at radius 2 is 1.86 bits per heavy atom. The van der Waals surface area contributed by atoms with E-state index in [0.717, 1.165) is 4.90 Å². The highest BCUT2D eigenvalue weighted by atomic mass is 19.4. The largest absolute Gasteiger partial charge is 0.408 e. The number of alkyl halides is 3. The molecular formula is C21H23F3N4O. The molecule has 1 heterocycles. The van der Waals surface area contributed by atoms with Crippen molar-refractivity contribution in [1.82, 2.24) is 9.88 Å². The van der Waals surface area contributed by atoms with E-state index in [1.165, 1.54) is 12.1 Å². The number of primary amides is 1. The maximum Gasteiger partial charge on any atom is 0.408 e. The SMILES string of the molecule is CC(C)C[C@@H](C(N)=O)N(CC#N)[C@@H](c1ccc(-c2ccccn2)cc1)C(F)(F)F. The molecule has 0 aliphatic rings. The minimum absolute atomic E-state index is 0.0672. The number of hydrogen-bond acceptors (Lipinski definition) is 4. The van der Waals surface area contributed by atoms with Crippen LogP contribution in [0.15, 0.2) is 48.7 Å². The van der Waals surface area contributed by atoms with Gasteiger partial charge in [-0.15, -0.1) is 0 Å². The molecule has 1 aromatic carbocycles. The molecule has 0 aliphatic carbocycles. The van der Waals surface area contributed by atoms with Crippen molar-refractivity contribution in [2.75, 3.05) is 6.54 Å². The van der Waals surface area contributed by atoms with Crippen LogP contribution in [-0.4, -0.2) is 34.6 Å². The number of halogens is 3. The Morgan fingerprint density at radius 1 is 1.21 bits per heavy atom. The number of amides is 1. The Hall–Kier alpha value is -2.92. The van der Waals surface area contributed by atoms with Gasteiger partial charge >= 0.3 is 6.18 Å². The summed E-state index contributed by atoms with van der Waals surface area (Å²) in [5, 5.41) is 9.14. The lowest BCUT2D eigenvalue weighted by Crippen LogP contribution is -2.51. The molecule has 2 rings (SSSR count). The van der Waals surface area contributed by atoms with Gasteiger partial charge in [0.05, 0.1) is 24.3 Å². The number of nitrogens with two attached hydrogens (primary N) is 1. The molecule has 8 heteroatoms. The molecular weight excluding hydrogens is 381 g/mol. The van der Waals surface area contributed by atoms with Gasteiger partial charge < -0.3 is 5.73 Å². The first-order valence-corrected chi connectivity index (χ1v) is 9.15. The second kappa shape index (κ2) is 9.52. The van der Waals surface area contributed by atoms with Crippen molar-refractivity contribution in [3.63, 3.8) is 0 Å². The van der Waals surface area contributed by atoms with E-state index in [-0.39, 0.29) is 17.9 Å². The smallest absolute Gasteiger partial charge is 0.368 e. The normalized spacial score (nSPS) is 13.9. The highest BCUT2D eigenvalue weighted by Crippen LogP contribution is 2.40. The Balaban J connectivity index is 2.48. The molecule has 0 bridgehead atoms. The van der Waals surface area contributed by atoms with E-state index in [2.05, 4.69) is 4.98 Å². The monoisotopic (exact) mass is 404 g/mol. The summed E-state index contributed by atoms with van der Waals surface area (Å²) < 4.78 is 42.1. The molecule has 5 nitrogen and oxygen atoms in total. The fraction of sp³-hybridized carbons (Fsp3) is 0.381. The van der Waals surface area contributed by atoms with Crippen LogP contribution in [0.2, 0.25) is 0 Å². The van der Waals surface area contributed by atoms with E-state index in [9.17, 15) is 18.0 Å². The number of aromatic nitrogens is 1. The lowest BCUT2D eigenvalue weighted by molar-refractivity contribution is -0.192. The highest BCUT2D eigenvalue weighted by molar-refractivity contribution is 5.80. The molecule has 2 N–H and O–H groups in total. The molecule has 0 unspecified atom stereocenters. The van der Waals surface area contributed by atoms with Crippen molar-refractivity contribution in [2.45, 2.75) is 38.5 Å². The molecule has 2 atom stereocenters. The molecule has 0 aliphatic heterocycles. The van der Waals surface area contributed by atoms with Crippen LogP contribution in [0.3, 0.4) is 0 Å². The first-order chi connectivity index (χ1) is 13.6. The zero-order valence-electron chi connectivity index (χ0n) is 16.2. The maximum atomic E-state index is 14.0. The Labute approximate surface area is 168 Å². The summed E-state index contributed by atoms with van der Waals surface area (Å²) in [7, 11) is 0. The van der Waals surface area contributed by atoms with Crippen LogP contribution in [0.1, 0.15) is 31.9 Å². The van der Waals surface area contributed by atoms with Gasteiger partial charge in [0.25, 0.3) is 0 Å². The molecule has 0 saturated carbocycles. The average Bonchev–Trinajstić information content (AvgIpc) is 2.66. The third kappa shape index (κ3) is 5.78. The molecule has 1 aromatic heterocycles. The number of nitriles is 1. The van der Waals surface area contributed by atoms with E-state index >= 15 is 0 Å². The van der Waals surface area contributed by atoms with Crippen LogP contribution < -0.4 is 5.73 Å². The Kier molecular flexibility index (Phi) is 7.35. The highest BCUT2D eigenvalue weighted by Gasteiger charge is 2.47. The lowest BCUT2D eigenvalue weighted by atomic mass is 9.96. The number of hydrogen-bond donors (Lipinski definition) is 1. The molecule has 2 aromatic rings. The average molecular weight is 404 g/mol. The van der Waals surface area contributed by atoms with Crippen molar-refractivity contribution in [3.05, 3.63) is 54.2 Å². The standard InChI is InChI=1S/C21H23F3N4O/c1-14(2)13-18(20(26)29)28(12-10-25)19(21(22,23)24)16-8-6-15(7-9-16)17-5-3-4-11-27-17/h3-9,11,14,18-19H,12-13H2,1-2H3,(H2,26,29)/t18-,19-/m0/s1. The molecule has 1 amide bonds. The summed E-state index contributed by atoms with van der Waals surface area (Å²) in [6.45, 7) is 2.99. The van der Waals surface area contributed by atoms with Crippen molar-refractivity contribution in [1.29, 1.82) is 5.26 Å². The van der Waals surface area contributed by atoms with E-state index in [4.69, 9.17) is 11.0 Å². The maximum absolute atomic E-state index is 14.0. The van der Waals surface area contributed by atoms with Crippen molar-refractivity contribution < 1.29 is 18.0 Å². The predicted molar refractivity (Wildman–Crippen MR) is 103 cm³/mol. The first-order valence-electron chi connectivity index (χ1n) is 9.15. The van der Waals surface area contributed by atoms with Crippen molar-refractivity contribution in [3.8, 4) is 17.3 Å². The van der Waals surface area contributed by atoms with Gasteiger partial charge in [0.15, 0.2) is 0 Å². The summed E-state index contributed by atoms with van der Waals surface area (Å²) >= 11 is 0. The quantitative estimate of drug-likeness (QED) is 0.672. The number of nitrogens with zero attached hydrogens (tertiary/aromatic N) is 3. The summed E-state index contributed by atoms with van der Waals surface area (Å²) in [6.07, 6.45) is -2.98. The van der Waals surface area contributed by atoms with Crippen LogP contribution in [0.5, 0.6) is 0 Å². The Morgan fingerprint density at radius 3 is 2.31 bits per heavy atom. The molecule has 0 spiro atoms. The number of rotatable bonds is 8.